The fourth-order valence-electron chi connectivity index (χ4n) is 4.49. The van der Waals surface area contributed by atoms with Gasteiger partial charge in [-0.2, -0.15) is 4.72 Å². The summed E-state index contributed by atoms with van der Waals surface area (Å²) in [6.45, 7) is 9.58. The molecular formula is C28H34N2O3S. The smallest absolute Gasteiger partial charge is 0.242 e. The predicted octanol–water partition coefficient (Wildman–Crippen LogP) is 5.26. The highest BCUT2D eigenvalue weighted by Crippen LogP contribution is 2.25. The Labute approximate surface area is 203 Å². The molecule has 0 unspecified atom stereocenters. The lowest BCUT2D eigenvalue weighted by Gasteiger charge is -2.22. The summed E-state index contributed by atoms with van der Waals surface area (Å²) in [6.07, 6.45) is 1.77. The number of carbonyl (C=O) groups is 1. The van der Waals surface area contributed by atoms with Gasteiger partial charge in [-0.1, -0.05) is 80.1 Å². The molecule has 0 radical (unpaired) electrons. The van der Waals surface area contributed by atoms with E-state index in [1.165, 1.54) is 0 Å². The number of hydrogen-bond acceptors (Lipinski definition) is 3. The molecule has 34 heavy (non-hydrogen) atoms. The molecule has 0 spiro atoms. The van der Waals surface area contributed by atoms with E-state index in [1.54, 1.807) is 13.8 Å². The quantitative estimate of drug-likeness (QED) is 0.440. The summed E-state index contributed by atoms with van der Waals surface area (Å²) in [5, 5.41) is 3.05. The van der Waals surface area contributed by atoms with Crippen LogP contribution in [-0.4, -0.2) is 20.4 Å². The molecule has 3 aromatic carbocycles. The first-order chi connectivity index (χ1) is 16.2. The van der Waals surface area contributed by atoms with Crippen LogP contribution in [0.25, 0.3) is 0 Å². The van der Waals surface area contributed by atoms with E-state index in [0.29, 0.717) is 11.1 Å². The zero-order chi connectivity index (χ0) is 24.9. The predicted molar refractivity (Wildman–Crippen MR) is 139 cm³/mol. The Balaban J connectivity index is 1.99. The largest absolute Gasteiger partial charge is 0.324 e. The van der Waals surface area contributed by atoms with Crippen LogP contribution in [0.3, 0.4) is 0 Å². The number of sulfonamides is 1. The van der Waals surface area contributed by atoms with E-state index < -0.39 is 16.1 Å². The zero-order valence-electron chi connectivity index (χ0n) is 20.6. The van der Waals surface area contributed by atoms with Crippen molar-refractivity contribution in [3.8, 4) is 0 Å². The number of nitrogens with one attached hydrogen (secondary N) is 2. The van der Waals surface area contributed by atoms with E-state index in [0.717, 1.165) is 40.8 Å². The van der Waals surface area contributed by atoms with Gasteiger partial charge in [0.25, 0.3) is 0 Å². The molecule has 1 atom stereocenters. The summed E-state index contributed by atoms with van der Waals surface area (Å²) in [7, 11) is -3.94. The van der Waals surface area contributed by atoms with Gasteiger partial charge in [-0.15, -0.1) is 0 Å². The van der Waals surface area contributed by atoms with Gasteiger partial charge in [-0.3, -0.25) is 4.79 Å². The molecule has 6 heteroatoms. The number of aryl methyl sites for hydroxylation is 5. The number of benzene rings is 3. The van der Waals surface area contributed by atoms with Crippen LogP contribution < -0.4 is 10.0 Å². The monoisotopic (exact) mass is 478 g/mol. The number of hydrogen-bond donors (Lipinski definition) is 2. The highest BCUT2D eigenvalue weighted by molar-refractivity contribution is 7.89. The molecule has 0 saturated carbocycles. The van der Waals surface area contributed by atoms with Crippen LogP contribution in [0.1, 0.15) is 47.2 Å². The third-order valence-corrected chi connectivity index (χ3v) is 7.79. The molecule has 0 bridgehead atoms. The van der Waals surface area contributed by atoms with E-state index in [4.69, 9.17) is 0 Å². The van der Waals surface area contributed by atoms with Crippen LogP contribution in [0, 0.1) is 20.8 Å². The van der Waals surface area contributed by atoms with Crippen LogP contribution >= 0.6 is 0 Å². The third kappa shape index (κ3) is 5.93. The van der Waals surface area contributed by atoms with Gasteiger partial charge in [0.05, 0.1) is 4.90 Å². The molecular weight excluding hydrogens is 444 g/mol. The molecule has 2 N–H and O–H groups in total. The van der Waals surface area contributed by atoms with Crippen molar-refractivity contribution < 1.29 is 13.2 Å². The summed E-state index contributed by atoms with van der Waals surface area (Å²) in [4.78, 5) is 13.8. The summed E-state index contributed by atoms with van der Waals surface area (Å²) in [5.41, 5.74) is 6.02. The molecule has 0 aromatic heterocycles. The van der Waals surface area contributed by atoms with Crippen LogP contribution in [0.5, 0.6) is 0 Å². The molecule has 5 nitrogen and oxygen atoms in total. The SMILES string of the molecule is CCc1cccc(CC)c1NC(=O)[C@H](Cc1ccccc1)NS(=O)(=O)c1c(C)cc(C)cc1C. The molecule has 0 aliphatic heterocycles. The minimum Gasteiger partial charge on any atom is -0.324 e. The summed E-state index contributed by atoms with van der Waals surface area (Å²) >= 11 is 0. The van der Waals surface area contributed by atoms with Crippen LogP contribution in [0.2, 0.25) is 0 Å². The summed E-state index contributed by atoms with van der Waals surface area (Å²) < 4.78 is 29.7. The average molecular weight is 479 g/mol. The van der Waals surface area contributed by atoms with Crippen molar-refractivity contribution in [2.45, 2.75) is 64.8 Å². The fraction of sp³-hybridized carbons (Fsp3) is 0.321. The first-order valence-corrected chi connectivity index (χ1v) is 13.2. The summed E-state index contributed by atoms with van der Waals surface area (Å²) in [6, 6.07) is 18.1. The van der Waals surface area contributed by atoms with E-state index >= 15 is 0 Å². The molecule has 1 amide bonds. The second kappa shape index (κ2) is 11.0. The van der Waals surface area contributed by atoms with Gasteiger partial charge in [0.1, 0.15) is 6.04 Å². The molecule has 0 aliphatic carbocycles. The summed E-state index contributed by atoms with van der Waals surface area (Å²) in [5.74, 6) is -0.370. The van der Waals surface area contributed by atoms with Gasteiger partial charge >= 0.3 is 0 Å². The van der Waals surface area contributed by atoms with Crippen LogP contribution in [-0.2, 0) is 34.1 Å². The van der Waals surface area contributed by atoms with Gasteiger partial charge in [0.15, 0.2) is 0 Å². The lowest BCUT2D eigenvalue weighted by molar-refractivity contribution is -0.117. The molecule has 0 heterocycles. The highest BCUT2D eigenvalue weighted by Gasteiger charge is 2.29. The second-order valence-corrected chi connectivity index (χ2v) is 10.4. The van der Waals surface area contributed by atoms with E-state index in [1.807, 2.05) is 81.4 Å². The Hall–Kier alpha value is -2.96. The second-order valence-electron chi connectivity index (χ2n) is 8.74. The number of anilines is 1. The molecule has 0 fully saturated rings. The Morgan fingerprint density at radius 3 is 1.94 bits per heavy atom. The van der Waals surface area contributed by atoms with Crippen LogP contribution in [0.4, 0.5) is 5.69 Å². The number of rotatable bonds is 9. The molecule has 180 valence electrons. The van der Waals surface area contributed by atoms with Gasteiger partial charge in [-0.05, 0) is 67.9 Å². The topological polar surface area (TPSA) is 75.3 Å². The standard InChI is InChI=1S/C28H34N2O3S/c1-6-23-14-11-15-24(7-2)26(23)29-28(31)25(18-22-12-9-8-10-13-22)30-34(32,33)27-20(4)16-19(3)17-21(27)5/h8-17,25,30H,6-7,18H2,1-5H3,(H,29,31)/t25-/m0/s1. The van der Waals surface area contributed by atoms with Crippen molar-refractivity contribution in [3.63, 3.8) is 0 Å². The first kappa shape index (κ1) is 25.7. The van der Waals surface area contributed by atoms with Crippen molar-refractivity contribution in [1.29, 1.82) is 0 Å². The molecule has 3 aromatic rings. The van der Waals surface area contributed by atoms with E-state index in [-0.39, 0.29) is 17.2 Å². The molecule has 3 rings (SSSR count). The van der Waals surface area contributed by atoms with Crippen molar-refractivity contribution in [3.05, 3.63) is 94.0 Å². The van der Waals surface area contributed by atoms with E-state index in [2.05, 4.69) is 10.0 Å². The average Bonchev–Trinajstić information content (AvgIpc) is 2.78. The van der Waals surface area contributed by atoms with Crippen molar-refractivity contribution >= 4 is 21.6 Å². The maximum absolute atomic E-state index is 13.5. The number of amides is 1. The Morgan fingerprint density at radius 1 is 0.853 bits per heavy atom. The van der Waals surface area contributed by atoms with Gasteiger partial charge < -0.3 is 5.32 Å². The lowest BCUT2D eigenvalue weighted by Crippen LogP contribution is -2.45. The van der Waals surface area contributed by atoms with Crippen molar-refractivity contribution in [2.75, 3.05) is 5.32 Å². The van der Waals surface area contributed by atoms with Crippen LogP contribution in [0.15, 0.2) is 65.6 Å². The Kier molecular flexibility index (Phi) is 8.28. The maximum Gasteiger partial charge on any atom is 0.242 e. The molecule has 0 saturated heterocycles. The molecule has 0 aliphatic rings. The van der Waals surface area contributed by atoms with Gasteiger partial charge in [0.2, 0.25) is 15.9 Å². The van der Waals surface area contributed by atoms with E-state index in [9.17, 15) is 13.2 Å². The Morgan fingerprint density at radius 2 is 1.41 bits per heavy atom. The highest BCUT2D eigenvalue weighted by atomic mass is 32.2. The minimum atomic E-state index is -3.94. The van der Waals surface area contributed by atoms with Gasteiger partial charge in [-0.25, -0.2) is 8.42 Å². The first-order valence-electron chi connectivity index (χ1n) is 11.7. The van der Waals surface area contributed by atoms with Crippen molar-refractivity contribution in [1.82, 2.24) is 4.72 Å². The lowest BCUT2D eigenvalue weighted by atomic mass is 10.0. The number of para-hydroxylation sites is 1. The third-order valence-electron chi connectivity index (χ3n) is 6.02. The maximum atomic E-state index is 13.5. The number of carbonyl (C=O) groups excluding carboxylic acids is 1. The Bertz CT molecular complexity index is 1220. The normalized spacial score (nSPS) is 12.4. The van der Waals surface area contributed by atoms with Gasteiger partial charge in [0, 0.05) is 5.69 Å². The zero-order valence-corrected chi connectivity index (χ0v) is 21.4. The minimum absolute atomic E-state index is 0.229. The fourth-order valence-corrected chi connectivity index (χ4v) is 6.14. The van der Waals surface area contributed by atoms with Crippen molar-refractivity contribution in [2.24, 2.45) is 0 Å².